The van der Waals surface area contributed by atoms with Crippen LogP contribution in [0.5, 0.6) is 0 Å². The Balaban J connectivity index is 3.35. The number of carbonyl (C=O) groups is 1. The lowest BCUT2D eigenvalue weighted by Crippen LogP contribution is -2.27. The molecule has 0 heterocycles. The van der Waals surface area contributed by atoms with Crippen molar-refractivity contribution in [3.8, 4) is 0 Å². The highest BCUT2D eigenvalue weighted by Gasteiger charge is 2.13. The highest BCUT2D eigenvalue weighted by atomic mass is 16.6. The van der Waals surface area contributed by atoms with Crippen molar-refractivity contribution in [2.45, 2.75) is 277 Å². The van der Waals surface area contributed by atoms with Gasteiger partial charge in [0.1, 0.15) is 6.10 Å². The lowest BCUT2D eigenvalue weighted by Gasteiger charge is -2.16. The van der Waals surface area contributed by atoms with Gasteiger partial charge in [0.05, 0.1) is 13.2 Å². The third kappa shape index (κ3) is 45.4. The van der Waals surface area contributed by atoms with Crippen LogP contribution in [0.1, 0.15) is 271 Å². The van der Waals surface area contributed by atoms with Gasteiger partial charge in [0.2, 0.25) is 0 Å². The summed E-state index contributed by atoms with van der Waals surface area (Å²) in [7, 11) is 0. The summed E-state index contributed by atoms with van der Waals surface area (Å²) < 4.78 is 11.2. The lowest BCUT2D eigenvalue weighted by atomic mass is 10.0. The van der Waals surface area contributed by atoms with E-state index in [1.54, 1.807) is 0 Å². The van der Waals surface area contributed by atoms with Crippen LogP contribution in [0.4, 0.5) is 0 Å². The van der Waals surface area contributed by atoms with Crippen molar-refractivity contribution in [2.75, 3.05) is 19.8 Å². The second-order valence-corrected chi connectivity index (χ2v) is 16.5. The minimum Gasteiger partial charge on any atom is -0.457 e. The molecule has 53 heavy (non-hydrogen) atoms. The second-order valence-electron chi connectivity index (χ2n) is 16.5. The smallest absolute Gasteiger partial charge is 0.306 e. The molecule has 0 saturated heterocycles. The molecule has 316 valence electrons. The van der Waals surface area contributed by atoms with E-state index in [0.29, 0.717) is 19.6 Å². The van der Waals surface area contributed by atoms with Crippen molar-refractivity contribution in [1.29, 1.82) is 0 Å². The number of esters is 1. The van der Waals surface area contributed by atoms with Crippen molar-refractivity contribution in [1.82, 2.24) is 0 Å². The van der Waals surface area contributed by atoms with Gasteiger partial charge in [-0.15, -0.1) is 0 Å². The van der Waals surface area contributed by atoms with Crippen LogP contribution in [0, 0.1) is 0 Å². The van der Waals surface area contributed by atoms with Gasteiger partial charge in [-0.3, -0.25) is 4.79 Å². The van der Waals surface area contributed by atoms with Crippen molar-refractivity contribution >= 4 is 5.97 Å². The summed E-state index contributed by atoms with van der Waals surface area (Å²) in [5.74, 6) is -0.196. The predicted octanol–water partition coefficient (Wildman–Crippen LogP) is 16.1. The van der Waals surface area contributed by atoms with Crippen LogP contribution < -0.4 is 0 Å². The summed E-state index contributed by atoms with van der Waals surface area (Å²) in [6.45, 7) is 5.40. The summed E-state index contributed by atoms with van der Waals surface area (Å²) in [4.78, 5) is 12.2. The second kappa shape index (κ2) is 47.3. The summed E-state index contributed by atoms with van der Waals surface area (Å²) in [5, 5.41) is 9.63. The number of allylic oxidation sites excluding steroid dienone is 2. The molecule has 0 aliphatic rings. The summed E-state index contributed by atoms with van der Waals surface area (Å²) in [5.41, 5.74) is 0. The van der Waals surface area contributed by atoms with E-state index in [-0.39, 0.29) is 12.6 Å². The third-order valence-electron chi connectivity index (χ3n) is 11.1. The van der Waals surface area contributed by atoms with Gasteiger partial charge in [-0.05, 0) is 38.5 Å². The topological polar surface area (TPSA) is 55.8 Å². The fraction of sp³-hybridized carbons (Fsp3) is 0.939. The molecule has 0 aliphatic heterocycles. The molecule has 0 aromatic heterocycles. The molecule has 0 aromatic carbocycles. The number of hydrogen-bond donors (Lipinski definition) is 1. The lowest BCUT2D eigenvalue weighted by molar-refractivity contribution is -0.154. The molecular formula is C49H96O4. The molecule has 4 heteroatoms. The Morgan fingerprint density at radius 1 is 0.434 bits per heavy atom. The first-order chi connectivity index (χ1) is 26.2. The summed E-state index contributed by atoms with van der Waals surface area (Å²) in [6, 6.07) is 0. The minimum absolute atomic E-state index is 0.166. The molecule has 0 bridgehead atoms. The maximum Gasteiger partial charge on any atom is 0.306 e. The molecule has 4 nitrogen and oxygen atoms in total. The van der Waals surface area contributed by atoms with Crippen LogP contribution in [0.25, 0.3) is 0 Å². The Morgan fingerprint density at radius 3 is 1.08 bits per heavy atom. The summed E-state index contributed by atoms with van der Waals surface area (Å²) >= 11 is 0. The van der Waals surface area contributed by atoms with Gasteiger partial charge in [0, 0.05) is 13.0 Å². The van der Waals surface area contributed by atoms with Crippen LogP contribution in [0.3, 0.4) is 0 Å². The Labute approximate surface area is 333 Å². The predicted molar refractivity (Wildman–Crippen MR) is 233 cm³/mol. The van der Waals surface area contributed by atoms with E-state index < -0.39 is 6.10 Å². The van der Waals surface area contributed by atoms with E-state index in [1.165, 1.54) is 231 Å². The van der Waals surface area contributed by atoms with E-state index in [4.69, 9.17) is 9.47 Å². The first-order valence-corrected chi connectivity index (χ1v) is 24.3. The molecule has 0 aliphatic carbocycles. The van der Waals surface area contributed by atoms with Crippen LogP contribution in [-0.2, 0) is 14.3 Å². The fourth-order valence-electron chi connectivity index (χ4n) is 7.44. The van der Waals surface area contributed by atoms with Crippen molar-refractivity contribution < 1.29 is 19.4 Å². The van der Waals surface area contributed by atoms with E-state index in [0.717, 1.165) is 19.3 Å². The summed E-state index contributed by atoms with van der Waals surface area (Å²) in [6.07, 6.45) is 57.2. The van der Waals surface area contributed by atoms with Crippen LogP contribution in [-0.4, -0.2) is 37.0 Å². The van der Waals surface area contributed by atoms with Gasteiger partial charge >= 0.3 is 5.97 Å². The Hall–Kier alpha value is -0.870. The number of carbonyl (C=O) groups excluding carboxylic acids is 1. The molecule has 0 saturated carbocycles. The zero-order chi connectivity index (χ0) is 38.4. The maximum absolute atomic E-state index is 12.2. The molecule has 0 amide bonds. The molecule has 0 aromatic rings. The van der Waals surface area contributed by atoms with Gasteiger partial charge in [-0.2, -0.15) is 0 Å². The number of hydrogen-bond acceptors (Lipinski definition) is 4. The number of unbranched alkanes of at least 4 members (excludes halogenated alkanes) is 36. The molecule has 1 unspecified atom stereocenters. The quantitative estimate of drug-likeness (QED) is 0.0383. The molecule has 0 fully saturated rings. The molecule has 0 spiro atoms. The average Bonchev–Trinajstić information content (AvgIpc) is 3.16. The SMILES string of the molecule is CCCCCCCC/C=C\CCCCCCCCCCCC(=O)OC(CO)COCCCCCCCCCCCCCCCCCCCCCCCC. The normalized spacial score (nSPS) is 12.3. The standard InChI is InChI=1S/C49H96O4/c1-3-5-7-9-11-13-15-17-19-21-23-24-25-27-29-31-33-35-37-39-41-43-45-52-47-48(46-50)53-49(51)44-42-40-38-36-34-32-30-28-26-22-20-18-16-14-12-10-8-6-4-2/h18,20,48,50H,3-17,19,21-47H2,1-2H3/b20-18-. The fourth-order valence-corrected chi connectivity index (χ4v) is 7.44. The molecule has 1 atom stereocenters. The van der Waals surface area contributed by atoms with Crippen LogP contribution in [0.2, 0.25) is 0 Å². The van der Waals surface area contributed by atoms with Crippen molar-refractivity contribution in [2.24, 2.45) is 0 Å². The highest BCUT2D eigenvalue weighted by molar-refractivity contribution is 5.69. The minimum atomic E-state index is -0.530. The van der Waals surface area contributed by atoms with Gasteiger partial charge < -0.3 is 14.6 Å². The monoisotopic (exact) mass is 749 g/mol. The highest BCUT2D eigenvalue weighted by Crippen LogP contribution is 2.16. The zero-order valence-electron chi connectivity index (χ0n) is 36.3. The third-order valence-corrected chi connectivity index (χ3v) is 11.1. The first-order valence-electron chi connectivity index (χ1n) is 24.3. The zero-order valence-corrected chi connectivity index (χ0v) is 36.3. The van der Waals surface area contributed by atoms with Gasteiger partial charge in [-0.25, -0.2) is 0 Å². The van der Waals surface area contributed by atoms with E-state index in [1.807, 2.05) is 0 Å². The molecule has 0 radical (unpaired) electrons. The van der Waals surface area contributed by atoms with Crippen LogP contribution in [0.15, 0.2) is 12.2 Å². The van der Waals surface area contributed by atoms with E-state index in [9.17, 15) is 9.90 Å². The Kier molecular flexibility index (Phi) is 46.5. The van der Waals surface area contributed by atoms with Gasteiger partial charge in [0.15, 0.2) is 0 Å². The van der Waals surface area contributed by atoms with Crippen molar-refractivity contribution in [3.05, 3.63) is 12.2 Å². The first kappa shape index (κ1) is 52.1. The molecular weight excluding hydrogens is 653 g/mol. The number of aliphatic hydroxyl groups excluding tert-OH is 1. The Morgan fingerprint density at radius 2 is 0.736 bits per heavy atom. The van der Waals surface area contributed by atoms with Gasteiger partial charge in [0.25, 0.3) is 0 Å². The number of aliphatic hydroxyl groups is 1. The van der Waals surface area contributed by atoms with E-state index >= 15 is 0 Å². The largest absolute Gasteiger partial charge is 0.457 e. The van der Waals surface area contributed by atoms with E-state index in [2.05, 4.69) is 26.0 Å². The Bertz CT molecular complexity index is 707. The van der Waals surface area contributed by atoms with Crippen LogP contribution >= 0.6 is 0 Å². The van der Waals surface area contributed by atoms with Gasteiger partial charge in [-0.1, -0.05) is 238 Å². The molecule has 0 rings (SSSR count). The average molecular weight is 749 g/mol. The molecule has 1 N–H and O–H groups in total. The maximum atomic E-state index is 12.2. The van der Waals surface area contributed by atoms with Crippen molar-refractivity contribution in [3.63, 3.8) is 0 Å². The number of rotatable bonds is 46. The number of ether oxygens (including phenoxy) is 2.